The van der Waals surface area contributed by atoms with Crippen molar-refractivity contribution < 1.29 is 23.6 Å². The van der Waals surface area contributed by atoms with Crippen LogP contribution in [-0.4, -0.2) is 33.7 Å². The molecule has 30 heavy (non-hydrogen) atoms. The summed E-state index contributed by atoms with van der Waals surface area (Å²) in [6, 6.07) is 19.4. The van der Waals surface area contributed by atoms with Gasteiger partial charge in [-0.2, -0.15) is 0 Å². The van der Waals surface area contributed by atoms with Gasteiger partial charge < -0.3 is 24.1 Å². The predicted molar refractivity (Wildman–Crippen MR) is 117 cm³/mol. The monoisotopic (exact) mass is 405 g/mol. The number of carbonyl (C=O) groups excluding carboxylic acids is 1. The standard InChI is InChI=1S/C24H24N2O4/c1-26(14-16-8-10-22(28-2)23(12-16)29-3)15-24(27)25-17-9-11-21-19(13-17)18-6-4-5-7-20(18)30-21/h4-13H,14-15H2,1-3H3,(H,25,27)/p+1. The van der Waals surface area contributed by atoms with Gasteiger partial charge in [-0.15, -0.1) is 0 Å². The molecule has 2 N–H and O–H groups in total. The van der Waals surface area contributed by atoms with Crippen molar-refractivity contribution in [1.29, 1.82) is 0 Å². The van der Waals surface area contributed by atoms with Gasteiger partial charge >= 0.3 is 0 Å². The molecule has 0 fully saturated rings. The molecule has 3 aromatic carbocycles. The van der Waals surface area contributed by atoms with E-state index in [9.17, 15) is 4.79 Å². The van der Waals surface area contributed by atoms with Crippen molar-refractivity contribution in [3.63, 3.8) is 0 Å². The van der Waals surface area contributed by atoms with E-state index in [0.29, 0.717) is 24.6 Å². The van der Waals surface area contributed by atoms with Crippen LogP contribution in [0.3, 0.4) is 0 Å². The van der Waals surface area contributed by atoms with Crippen LogP contribution in [0.4, 0.5) is 5.69 Å². The van der Waals surface area contributed by atoms with E-state index in [4.69, 9.17) is 13.9 Å². The largest absolute Gasteiger partial charge is 0.493 e. The Kier molecular flexibility index (Phi) is 5.59. The molecule has 0 saturated carbocycles. The second-order valence-corrected chi connectivity index (χ2v) is 7.36. The molecular weight excluding hydrogens is 380 g/mol. The second kappa shape index (κ2) is 8.47. The summed E-state index contributed by atoms with van der Waals surface area (Å²) in [4.78, 5) is 13.6. The highest BCUT2D eigenvalue weighted by molar-refractivity contribution is 6.06. The summed E-state index contributed by atoms with van der Waals surface area (Å²) in [5, 5.41) is 5.04. The zero-order valence-electron chi connectivity index (χ0n) is 17.3. The molecule has 1 atom stereocenters. The lowest BCUT2D eigenvalue weighted by Crippen LogP contribution is -3.08. The summed E-state index contributed by atoms with van der Waals surface area (Å²) in [6.07, 6.45) is 0. The van der Waals surface area contributed by atoms with E-state index in [2.05, 4.69) is 5.32 Å². The zero-order valence-corrected chi connectivity index (χ0v) is 17.3. The van der Waals surface area contributed by atoms with Gasteiger partial charge in [0.15, 0.2) is 18.0 Å². The quantitative estimate of drug-likeness (QED) is 0.495. The van der Waals surface area contributed by atoms with Gasteiger partial charge in [0.25, 0.3) is 5.91 Å². The summed E-state index contributed by atoms with van der Waals surface area (Å²) < 4.78 is 16.5. The Hall–Kier alpha value is -3.51. The minimum atomic E-state index is -0.0415. The fourth-order valence-corrected chi connectivity index (χ4v) is 3.68. The smallest absolute Gasteiger partial charge is 0.279 e. The SMILES string of the molecule is COc1ccc(C[NH+](C)CC(=O)Nc2ccc3oc4ccccc4c3c2)cc1OC. The number of anilines is 1. The lowest BCUT2D eigenvalue weighted by molar-refractivity contribution is -0.885. The number of hydrogen-bond donors (Lipinski definition) is 2. The third kappa shape index (κ3) is 4.09. The Labute approximate surface area is 175 Å². The molecule has 154 valence electrons. The van der Waals surface area contributed by atoms with Crippen molar-refractivity contribution in [3.05, 3.63) is 66.2 Å². The molecule has 6 heteroatoms. The highest BCUT2D eigenvalue weighted by Crippen LogP contribution is 2.30. The van der Waals surface area contributed by atoms with Crippen molar-refractivity contribution >= 4 is 33.5 Å². The van der Waals surface area contributed by atoms with Crippen LogP contribution >= 0.6 is 0 Å². The molecule has 1 unspecified atom stereocenters. The number of quaternary nitrogens is 1. The lowest BCUT2D eigenvalue weighted by Gasteiger charge is -2.15. The summed E-state index contributed by atoms with van der Waals surface area (Å²) >= 11 is 0. The van der Waals surface area contributed by atoms with Crippen molar-refractivity contribution in [2.75, 3.05) is 33.1 Å². The summed E-state index contributed by atoms with van der Waals surface area (Å²) in [6.45, 7) is 1.04. The van der Waals surface area contributed by atoms with E-state index in [-0.39, 0.29) is 5.91 Å². The number of carbonyl (C=O) groups is 1. The molecule has 1 aromatic heterocycles. The van der Waals surface area contributed by atoms with E-state index in [1.165, 1.54) is 0 Å². The van der Waals surface area contributed by atoms with Crippen LogP contribution < -0.4 is 19.7 Å². The maximum Gasteiger partial charge on any atom is 0.279 e. The minimum Gasteiger partial charge on any atom is -0.493 e. The number of ether oxygens (including phenoxy) is 2. The van der Waals surface area contributed by atoms with E-state index in [1.807, 2.05) is 67.7 Å². The Morgan fingerprint density at radius 2 is 1.70 bits per heavy atom. The Balaban J connectivity index is 1.42. The second-order valence-electron chi connectivity index (χ2n) is 7.36. The molecule has 4 aromatic rings. The molecule has 0 aliphatic carbocycles. The molecule has 0 aliphatic heterocycles. The number of likely N-dealkylation sites (N-methyl/N-ethyl adjacent to an activating group) is 1. The first-order chi connectivity index (χ1) is 14.6. The Morgan fingerprint density at radius 3 is 2.50 bits per heavy atom. The van der Waals surface area contributed by atoms with Crippen LogP contribution in [0.15, 0.2) is 65.1 Å². The number of rotatable bonds is 7. The van der Waals surface area contributed by atoms with Crippen LogP contribution in [0.5, 0.6) is 11.5 Å². The highest BCUT2D eigenvalue weighted by Gasteiger charge is 2.14. The minimum absolute atomic E-state index is 0.0415. The molecular formula is C24H25N2O4+. The fraction of sp³-hybridized carbons (Fsp3) is 0.208. The van der Waals surface area contributed by atoms with Crippen molar-refractivity contribution in [3.8, 4) is 11.5 Å². The normalized spacial score (nSPS) is 12.1. The molecule has 0 radical (unpaired) electrons. The number of fused-ring (bicyclic) bond motifs is 3. The fourth-order valence-electron chi connectivity index (χ4n) is 3.68. The van der Waals surface area contributed by atoms with Gasteiger partial charge in [0, 0.05) is 22.0 Å². The summed E-state index contributed by atoms with van der Waals surface area (Å²) in [5.41, 5.74) is 3.49. The van der Waals surface area contributed by atoms with E-state index in [0.717, 1.165) is 38.1 Å². The van der Waals surface area contributed by atoms with Gasteiger partial charge in [-0.05, 0) is 42.5 Å². The number of nitrogens with one attached hydrogen (secondary N) is 2. The van der Waals surface area contributed by atoms with Crippen LogP contribution in [0, 0.1) is 0 Å². The van der Waals surface area contributed by atoms with Crippen LogP contribution in [0.25, 0.3) is 21.9 Å². The number of furan rings is 1. The molecule has 6 nitrogen and oxygen atoms in total. The lowest BCUT2D eigenvalue weighted by atomic mass is 10.1. The maximum absolute atomic E-state index is 12.6. The molecule has 0 spiro atoms. The van der Waals surface area contributed by atoms with Crippen molar-refractivity contribution in [2.24, 2.45) is 0 Å². The zero-order chi connectivity index (χ0) is 21.1. The molecule has 1 amide bonds. The Morgan fingerprint density at radius 1 is 0.933 bits per heavy atom. The highest BCUT2D eigenvalue weighted by atomic mass is 16.5. The first kappa shape index (κ1) is 19.8. The van der Waals surface area contributed by atoms with Gasteiger partial charge in [0.05, 0.1) is 21.3 Å². The molecule has 4 rings (SSSR count). The maximum atomic E-state index is 12.6. The van der Waals surface area contributed by atoms with Crippen LogP contribution in [0.1, 0.15) is 5.56 Å². The third-order valence-electron chi connectivity index (χ3n) is 5.08. The van der Waals surface area contributed by atoms with Crippen LogP contribution in [-0.2, 0) is 11.3 Å². The van der Waals surface area contributed by atoms with Gasteiger partial charge in [-0.1, -0.05) is 18.2 Å². The number of para-hydroxylation sites is 1. The average molecular weight is 405 g/mol. The molecule has 0 aliphatic rings. The topological polar surface area (TPSA) is 65.1 Å². The summed E-state index contributed by atoms with van der Waals surface area (Å²) in [5.74, 6) is 1.34. The Bertz CT molecular complexity index is 1200. The number of methoxy groups -OCH3 is 2. The average Bonchev–Trinajstić information content (AvgIpc) is 3.11. The predicted octanol–water partition coefficient (Wildman–Crippen LogP) is 3.26. The number of hydrogen-bond acceptors (Lipinski definition) is 4. The van der Waals surface area contributed by atoms with Crippen LogP contribution in [0.2, 0.25) is 0 Å². The molecule has 0 saturated heterocycles. The van der Waals surface area contributed by atoms with Gasteiger partial charge in [-0.3, -0.25) is 4.79 Å². The van der Waals surface area contributed by atoms with E-state index in [1.54, 1.807) is 14.2 Å². The third-order valence-corrected chi connectivity index (χ3v) is 5.08. The summed E-state index contributed by atoms with van der Waals surface area (Å²) in [7, 11) is 5.22. The van der Waals surface area contributed by atoms with E-state index >= 15 is 0 Å². The van der Waals surface area contributed by atoms with Gasteiger partial charge in [0.1, 0.15) is 17.7 Å². The van der Waals surface area contributed by atoms with Crippen molar-refractivity contribution in [1.82, 2.24) is 0 Å². The molecule has 0 bridgehead atoms. The van der Waals surface area contributed by atoms with Gasteiger partial charge in [0.2, 0.25) is 0 Å². The van der Waals surface area contributed by atoms with Gasteiger partial charge in [-0.25, -0.2) is 0 Å². The number of benzene rings is 3. The first-order valence-corrected chi connectivity index (χ1v) is 9.80. The molecule has 1 heterocycles. The van der Waals surface area contributed by atoms with Crippen molar-refractivity contribution in [2.45, 2.75) is 6.54 Å². The first-order valence-electron chi connectivity index (χ1n) is 9.80. The van der Waals surface area contributed by atoms with E-state index < -0.39 is 0 Å². The number of amides is 1.